The monoisotopic (exact) mass is 298 g/mol. The van der Waals surface area contributed by atoms with E-state index in [9.17, 15) is 9.59 Å². The highest BCUT2D eigenvalue weighted by Crippen LogP contribution is 2.36. The second kappa shape index (κ2) is 5.09. The standard InChI is InChI=1S/C17H18N2O3/c1-17(2)8-12-15(13(20)9-17)14(22-19-12)7-10-3-5-11(6-4-10)16(18)21/h3-6H,7-9H2,1-2H3,(H2,18,21). The number of benzene rings is 1. The smallest absolute Gasteiger partial charge is 0.248 e. The number of primary amides is 1. The average molecular weight is 298 g/mol. The van der Waals surface area contributed by atoms with E-state index in [4.69, 9.17) is 10.3 Å². The van der Waals surface area contributed by atoms with Gasteiger partial charge in [-0.1, -0.05) is 31.1 Å². The molecule has 1 aromatic heterocycles. The average Bonchev–Trinajstić information content (AvgIpc) is 2.80. The predicted molar refractivity (Wildman–Crippen MR) is 80.7 cm³/mol. The van der Waals surface area contributed by atoms with E-state index in [1.807, 2.05) is 12.1 Å². The van der Waals surface area contributed by atoms with E-state index >= 15 is 0 Å². The molecule has 0 saturated carbocycles. The van der Waals surface area contributed by atoms with Crippen molar-refractivity contribution in [1.82, 2.24) is 5.16 Å². The van der Waals surface area contributed by atoms with Crippen molar-refractivity contribution < 1.29 is 14.1 Å². The number of fused-ring (bicyclic) bond motifs is 1. The van der Waals surface area contributed by atoms with Gasteiger partial charge in [-0.15, -0.1) is 0 Å². The molecule has 1 aliphatic carbocycles. The van der Waals surface area contributed by atoms with Crippen molar-refractivity contribution in [1.29, 1.82) is 0 Å². The summed E-state index contributed by atoms with van der Waals surface area (Å²) >= 11 is 0. The number of carbonyl (C=O) groups excluding carboxylic acids is 2. The highest BCUT2D eigenvalue weighted by molar-refractivity contribution is 5.99. The summed E-state index contributed by atoms with van der Waals surface area (Å²) in [6.45, 7) is 4.12. The van der Waals surface area contributed by atoms with Gasteiger partial charge in [-0.3, -0.25) is 9.59 Å². The van der Waals surface area contributed by atoms with Crippen LogP contribution in [0.3, 0.4) is 0 Å². The number of rotatable bonds is 3. The number of aromatic nitrogens is 1. The first-order valence-electron chi connectivity index (χ1n) is 7.25. The molecule has 0 spiro atoms. The molecular weight excluding hydrogens is 280 g/mol. The van der Waals surface area contributed by atoms with E-state index in [0.29, 0.717) is 29.7 Å². The first-order chi connectivity index (χ1) is 10.4. The molecule has 1 aliphatic rings. The number of nitrogens with two attached hydrogens (primary N) is 1. The van der Waals surface area contributed by atoms with Crippen molar-refractivity contribution in [3.05, 3.63) is 52.4 Å². The van der Waals surface area contributed by atoms with Gasteiger partial charge in [0.1, 0.15) is 0 Å². The van der Waals surface area contributed by atoms with E-state index < -0.39 is 5.91 Å². The van der Waals surface area contributed by atoms with Crippen molar-refractivity contribution >= 4 is 11.7 Å². The Morgan fingerprint density at radius 3 is 2.59 bits per heavy atom. The Morgan fingerprint density at radius 2 is 1.95 bits per heavy atom. The zero-order valence-electron chi connectivity index (χ0n) is 12.7. The molecule has 0 bridgehead atoms. The van der Waals surface area contributed by atoms with Gasteiger partial charge < -0.3 is 10.3 Å². The lowest BCUT2D eigenvalue weighted by Crippen LogP contribution is -2.27. The van der Waals surface area contributed by atoms with Crippen LogP contribution in [0.15, 0.2) is 28.8 Å². The van der Waals surface area contributed by atoms with Crippen LogP contribution in [-0.4, -0.2) is 16.8 Å². The van der Waals surface area contributed by atoms with Crippen LogP contribution in [-0.2, 0) is 12.8 Å². The predicted octanol–water partition coefficient (Wildman–Crippen LogP) is 2.52. The van der Waals surface area contributed by atoms with Crippen molar-refractivity contribution in [2.45, 2.75) is 33.1 Å². The number of Topliss-reactive ketones (excluding diaryl/α,β-unsaturated/α-hetero) is 1. The fourth-order valence-corrected chi connectivity index (χ4v) is 2.93. The summed E-state index contributed by atoms with van der Waals surface area (Å²) in [5.41, 5.74) is 7.95. The zero-order chi connectivity index (χ0) is 15.9. The van der Waals surface area contributed by atoms with Gasteiger partial charge in [0.25, 0.3) is 0 Å². The minimum atomic E-state index is -0.457. The fraction of sp³-hybridized carbons (Fsp3) is 0.353. The molecule has 22 heavy (non-hydrogen) atoms. The molecule has 2 N–H and O–H groups in total. The molecule has 0 atom stereocenters. The molecule has 1 amide bonds. The quantitative estimate of drug-likeness (QED) is 0.943. The minimum Gasteiger partial charge on any atom is -0.366 e. The molecule has 5 nitrogen and oxygen atoms in total. The number of ketones is 1. The second-order valence-corrected chi connectivity index (χ2v) is 6.61. The van der Waals surface area contributed by atoms with E-state index in [1.165, 1.54) is 0 Å². The third-order valence-electron chi connectivity index (χ3n) is 4.00. The van der Waals surface area contributed by atoms with Crippen LogP contribution in [0.4, 0.5) is 0 Å². The van der Waals surface area contributed by atoms with Gasteiger partial charge in [0.2, 0.25) is 5.91 Å². The largest absolute Gasteiger partial charge is 0.366 e. The normalized spacial score (nSPS) is 16.4. The highest BCUT2D eigenvalue weighted by atomic mass is 16.5. The number of hydrogen-bond donors (Lipinski definition) is 1. The number of nitrogens with zero attached hydrogens (tertiary/aromatic N) is 1. The maximum Gasteiger partial charge on any atom is 0.248 e. The topological polar surface area (TPSA) is 86.2 Å². The zero-order valence-corrected chi connectivity index (χ0v) is 12.7. The summed E-state index contributed by atoms with van der Waals surface area (Å²) in [4.78, 5) is 23.4. The fourth-order valence-electron chi connectivity index (χ4n) is 2.93. The summed E-state index contributed by atoms with van der Waals surface area (Å²) in [5, 5.41) is 4.07. The van der Waals surface area contributed by atoms with Crippen LogP contribution in [0.25, 0.3) is 0 Å². The Labute approximate surface area is 128 Å². The molecule has 0 aliphatic heterocycles. The summed E-state index contributed by atoms with van der Waals surface area (Å²) in [5.74, 6) is 0.236. The molecule has 0 fully saturated rings. The van der Waals surface area contributed by atoms with Crippen LogP contribution < -0.4 is 5.73 Å². The molecule has 114 valence electrons. The molecule has 5 heteroatoms. The van der Waals surface area contributed by atoms with Crippen molar-refractivity contribution in [3.8, 4) is 0 Å². The van der Waals surface area contributed by atoms with Gasteiger partial charge in [0, 0.05) is 18.4 Å². The summed E-state index contributed by atoms with van der Waals surface area (Å²) < 4.78 is 5.40. The van der Waals surface area contributed by atoms with E-state index in [1.54, 1.807) is 12.1 Å². The summed E-state index contributed by atoms with van der Waals surface area (Å²) in [6.07, 6.45) is 1.74. The third kappa shape index (κ3) is 2.66. The Balaban J connectivity index is 1.87. The maximum atomic E-state index is 12.4. The lowest BCUT2D eigenvalue weighted by Gasteiger charge is -2.26. The lowest BCUT2D eigenvalue weighted by atomic mass is 9.75. The Bertz CT molecular complexity index is 742. The van der Waals surface area contributed by atoms with Crippen LogP contribution in [0.5, 0.6) is 0 Å². The van der Waals surface area contributed by atoms with E-state index in [-0.39, 0.29) is 11.2 Å². The summed E-state index contributed by atoms with van der Waals surface area (Å²) in [7, 11) is 0. The van der Waals surface area contributed by atoms with Gasteiger partial charge in [-0.25, -0.2) is 0 Å². The van der Waals surface area contributed by atoms with Gasteiger partial charge in [-0.2, -0.15) is 0 Å². The minimum absolute atomic E-state index is 0.0681. The molecule has 0 radical (unpaired) electrons. The van der Waals surface area contributed by atoms with Gasteiger partial charge >= 0.3 is 0 Å². The molecule has 0 unspecified atom stereocenters. The lowest BCUT2D eigenvalue weighted by molar-refractivity contribution is 0.0910. The van der Waals surface area contributed by atoms with E-state index in [0.717, 1.165) is 17.7 Å². The van der Waals surface area contributed by atoms with Crippen LogP contribution in [0, 0.1) is 5.41 Å². The number of amides is 1. The van der Waals surface area contributed by atoms with Crippen molar-refractivity contribution in [2.24, 2.45) is 11.1 Å². The third-order valence-corrected chi connectivity index (χ3v) is 4.00. The first kappa shape index (κ1) is 14.5. The number of hydrogen-bond acceptors (Lipinski definition) is 4. The van der Waals surface area contributed by atoms with Gasteiger partial charge in [0.05, 0.1) is 11.3 Å². The van der Waals surface area contributed by atoms with Crippen LogP contribution >= 0.6 is 0 Å². The molecule has 1 heterocycles. The van der Waals surface area contributed by atoms with Gasteiger partial charge in [-0.05, 0) is 29.5 Å². The van der Waals surface area contributed by atoms with Gasteiger partial charge in [0.15, 0.2) is 11.5 Å². The van der Waals surface area contributed by atoms with Crippen LogP contribution in [0.2, 0.25) is 0 Å². The molecule has 3 rings (SSSR count). The maximum absolute atomic E-state index is 12.4. The Kier molecular flexibility index (Phi) is 3.35. The Morgan fingerprint density at radius 1 is 1.27 bits per heavy atom. The number of carbonyl (C=O) groups is 2. The highest BCUT2D eigenvalue weighted by Gasteiger charge is 2.35. The molecule has 2 aromatic rings. The van der Waals surface area contributed by atoms with Crippen molar-refractivity contribution in [2.75, 3.05) is 0 Å². The molecule has 1 aromatic carbocycles. The van der Waals surface area contributed by atoms with Crippen molar-refractivity contribution in [3.63, 3.8) is 0 Å². The van der Waals surface area contributed by atoms with E-state index in [2.05, 4.69) is 19.0 Å². The summed E-state index contributed by atoms with van der Waals surface area (Å²) in [6, 6.07) is 6.97. The SMILES string of the molecule is CC1(C)CC(=O)c2c(noc2Cc2ccc(C(N)=O)cc2)C1. The van der Waals surface area contributed by atoms with Crippen LogP contribution in [0.1, 0.15) is 58.0 Å². The molecule has 0 saturated heterocycles. The first-order valence-corrected chi connectivity index (χ1v) is 7.25. The second-order valence-electron chi connectivity index (χ2n) is 6.61. The Hall–Kier alpha value is -2.43. The molecular formula is C17H18N2O3.